The molecule has 1 nitrogen and oxygen atoms in total. The van der Waals surface area contributed by atoms with Crippen LogP contribution in [0.15, 0.2) is 24.3 Å². The van der Waals surface area contributed by atoms with Crippen LogP contribution in [0, 0.1) is 12.8 Å². The number of hydrogen-bond acceptors (Lipinski definition) is 1. The van der Waals surface area contributed by atoms with Crippen molar-refractivity contribution in [1.82, 2.24) is 0 Å². The Kier molecular flexibility index (Phi) is 4.28. The zero-order valence-electron chi connectivity index (χ0n) is 11.9. The second-order valence-electron chi connectivity index (χ2n) is 6.57. The van der Waals surface area contributed by atoms with Gasteiger partial charge in [0, 0.05) is 0 Å². The molecule has 0 unspecified atom stereocenters. The molecule has 1 saturated carbocycles. The Bertz CT molecular complexity index is 377. The van der Waals surface area contributed by atoms with Gasteiger partial charge < -0.3 is 5.11 Å². The zero-order valence-corrected chi connectivity index (χ0v) is 12.9. The molecule has 0 radical (unpaired) electrons. The molecule has 1 N–H and O–H groups in total. The summed E-state index contributed by atoms with van der Waals surface area (Å²) in [6.07, 6.45) is 5.03. The van der Waals surface area contributed by atoms with Crippen molar-refractivity contribution in [3.8, 4) is 0 Å². The van der Waals surface area contributed by atoms with Crippen LogP contribution in [0.25, 0.3) is 0 Å². The molecule has 1 aromatic carbocycles. The number of aliphatic hydroxyl groups excluding tert-OH is 1. The highest BCUT2D eigenvalue weighted by Crippen LogP contribution is 2.31. The molecule has 1 atom stereocenters. The fraction of sp³-hybridized carbons (Fsp3) is 0.625. The largest absolute Gasteiger partial charge is 0.393 e. The highest BCUT2D eigenvalue weighted by Gasteiger charge is 2.31. The first-order chi connectivity index (χ1) is 8.49. The van der Waals surface area contributed by atoms with Crippen LogP contribution in [0.1, 0.15) is 31.2 Å². The normalized spacial score (nSPS) is 19.1. The molecule has 0 aliphatic heterocycles. The van der Waals surface area contributed by atoms with Gasteiger partial charge in [-0.25, -0.2) is 0 Å². The lowest BCUT2D eigenvalue weighted by Crippen LogP contribution is -2.45. The molecule has 2 heteroatoms. The maximum absolute atomic E-state index is 10.4. The highest BCUT2D eigenvalue weighted by molar-refractivity contribution is 6.89. The van der Waals surface area contributed by atoms with Crippen LogP contribution in [0.2, 0.25) is 19.1 Å². The monoisotopic (exact) mass is 262 g/mol. The summed E-state index contributed by atoms with van der Waals surface area (Å²) >= 11 is 0. The van der Waals surface area contributed by atoms with Crippen molar-refractivity contribution in [2.75, 3.05) is 0 Å². The van der Waals surface area contributed by atoms with E-state index in [-0.39, 0.29) is 6.10 Å². The van der Waals surface area contributed by atoms with E-state index in [1.807, 2.05) is 0 Å². The quantitative estimate of drug-likeness (QED) is 0.824. The molecule has 1 fully saturated rings. The minimum Gasteiger partial charge on any atom is -0.393 e. The first kappa shape index (κ1) is 13.8. The molecule has 0 bridgehead atoms. The van der Waals surface area contributed by atoms with E-state index in [0.717, 1.165) is 6.04 Å². The van der Waals surface area contributed by atoms with Gasteiger partial charge >= 0.3 is 0 Å². The molecule has 0 spiro atoms. The van der Waals surface area contributed by atoms with E-state index >= 15 is 0 Å². The summed E-state index contributed by atoms with van der Waals surface area (Å²) in [5, 5.41) is 11.9. The Morgan fingerprint density at radius 1 is 1.17 bits per heavy atom. The minimum absolute atomic E-state index is 0.0736. The van der Waals surface area contributed by atoms with Gasteiger partial charge in [-0.05, 0) is 31.7 Å². The van der Waals surface area contributed by atoms with Crippen molar-refractivity contribution in [3.63, 3.8) is 0 Å². The van der Waals surface area contributed by atoms with Crippen molar-refractivity contribution in [2.45, 2.75) is 57.8 Å². The predicted molar refractivity (Wildman–Crippen MR) is 81.1 cm³/mol. The molecule has 0 heterocycles. The van der Waals surface area contributed by atoms with Gasteiger partial charge in [0.2, 0.25) is 0 Å². The van der Waals surface area contributed by atoms with Crippen molar-refractivity contribution in [2.24, 2.45) is 5.92 Å². The lowest BCUT2D eigenvalue weighted by Gasteiger charge is -2.29. The van der Waals surface area contributed by atoms with Crippen molar-refractivity contribution in [3.05, 3.63) is 29.8 Å². The Morgan fingerprint density at radius 2 is 1.72 bits per heavy atom. The molecule has 2 rings (SSSR count). The molecule has 100 valence electrons. The van der Waals surface area contributed by atoms with Crippen LogP contribution in [-0.4, -0.2) is 19.3 Å². The first-order valence-electron chi connectivity index (χ1n) is 7.24. The van der Waals surface area contributed by atoms with E-state index in [4.69, 9.17) is 0 Å². The van der Waals surface area contributed by atoms with Crippen LogP contribution >= 0.6 is 0 Å². The average molecular weight is 262 g/mol. The lowest BCUT2D eigenvalue weighted by molar-refractivity contribution is 0.128. The van der Waals surface area contributed by atoms with E-state index in [0.29, 0.717) is 5.92 Å². The topological polar surface area (TPSA) is 20.2 Å². The Labute approximate surface area is 112 Å². The Hall–Kier alpha value is -0.603. The smallest absolute Gasteiger partial charge is 0.0831 e. The first-order valence-corrected chi connectivity index (χ1v) is 10.4. The molecule has 1 aliphatic rings. The van der Waals surface area contributed by atoms with Gasteiger partial charge in [0.15, 0.2) is 0 Å². The fourth-order valence-electron chi connectivity index (χ4n) is 3.15. The van der Waals surface area contributed by atoms with Gasteiger partial charge in [0.25, 0.3) is 0 Å². The molecule has 1 aliphatic carbocycles. The Balaban J connectivity index is 2.03. The van der Waals surface area contributed by atoms with Gasteiger partial charge in [-0.2, -0.15) is 0 Å². The molecular formula is C16H26OSi. The van der Waals surface area contributed by atoms with Crippen LogP contribution in [0.4, 0.5) is 0 Å². The summed E-state index contributed by atoms with van der Waals surface area (Å²) < 4.78 is 0. The maximum Gasteiger partial charge on any atom is 0.0831 e. The lowest BCUT2D eigenvalue weighted by atomic mass is 10.0. The van der Waals surface area contributed by atoms with Gasteiger partial charge in [0.1, 0.15) is 0 Å². The number of rotatable bonds is 4. The molecule has 18 heavy (non-hydrogen) atoms. The maximum atomic E-state index is 10.4. The van der Waals surface area contributed by atoms with Gasteiger partial charge in [0.05, 0.1) is 14.2 Å². The number of aliphatic hydroxyl groups is 1. The van der Waals surface area contributed by atoms with Crippen LogP contribution < -0.4 is 5.19 Å². The third-order valence-corrected chi connectivity index (χ3v) is 7.83. The van der Waals surface area contributed by atoms with E-state index in [1.54, 1.807) is 0 Å². The van der Waals surface area contributed by atoms with Gasteiger partial charge in [-0.3, -0.25) is 0 Å². The van der Waals surface area contributed by atoms with E-state index < -0.39 is 8.07 Å². The zero-order chi connectivity index (χ0) is 13.2. The van der Waals surface area contributed by atoms with E-state index in [2.05, 4.69) is 44.3 Å². The summed E-state index contributed by atoms with van der Waals surface area (Å²) in [4.78, 5) is 0. The molecular weight excluding hydrogens is 236 g/mol. The highest BCUT2D eigenvalue weighted by atomic mass is 28.3. The SMILES string of the molecule is Cc1ccc([Si](C)(C)C[C@@H](O)C2CCCC2)cc1. The molecule has 0 saturated heterocycles. The molecule has 1 aromatic rings. The van der Waals surface area contributed by atoms with Gasteiger partial charge in [-0.15, -0.1) is 0 Å². The van der Waals surface area contributed by atoms with Crippen molar-refractivity contribution in [1.29, 1.82) is 0 Å². The molecule has 0 aromatic heterocycles. The standard InChI is InChI=1S/C16H26OSi/c1-13-8-10-15(11-9-13)18(2,3)12-16(17)14-6-4-5-7-14/h8-11,14,16-17H,4-7,12H2,1-3H3/t16-/m1/s1. The summed E-state index contributed by atoms with van der Waals surface area (Å²) in [5.74, 6) is 0.572. The van der Waals surface area contributed by atoms with Crippen LogP contribution in [0.3, 0.4) is 0 Å². The van der Waals surface area contributed by atoms with Gasteiger partial charge in [-0.1, -0.05) is 61.0 Å². The molecule has 0 amide bonds. The summed E-state index contributed by atoms with van der Waals surface area (Å²) in [6, 6.07) is 9.95. The summed E-state index contributed by atoms with van der Waals surface area (Å²) in [7, 11) is -1.48. The van der Waals surface area contributed by atoms with Crippen molar-refractivity contribution >= 4 is 13.3 Å². The Morgan fingerprint density at radius 3 is 2.28 bits per heavy atom. The predicted octanol–water partition coefficient (Wildman–Crippen LogP) is 3.46. The second kappa shape index (κ2) is 5.58. The summed E-state index contributed by atoms with van der Waals surface area (Å²) in [6.45, 7) is 6.90. The van der Waals surface area contributed by atoms with E-state index in [9.17, 15) is 5.11 Å². The van der Waals surface area contributed by atoms with E-state index in [1.165, 1.54) is 36.4 Å². The fourth-order valence-corrected chi connectivity index (χ4v) is 5.84. The second-order valence-corrected chi connectivity index (χ2v) is 11.3. The number of hydrogen-bond donors (Lipinski definition) is 1. The van der Waals surface area contributed by atoms with Crippen LogP contribution in [-0.2, 0) is 0 Å². The summed E-state index contributed by atoms with van der Waals surface area (Å²) in [5.41, 5.74) is 1.32. The number of aryl methyl sites for hydroxylation is 1. The third-order valence-electron chi connectivity index (χ3n) is 4.50. The van der Waals surface area contributed by atoms with Crippen molar-refractivity contribution < 1.29 is 5.11 Å². The third kappa shape index (κ3) is 3.24. The van der Waals surface area contributed by atoms with Crippen LogP contribution in [0.5, 0.6) is 0 Å². The minimum atomic E-state index is -1.48. The average Bonchev–Trinajstić information content (AvgIpc) is 2.82. The number of benzene rings is 1.